The molecular weight excluding hydrogens is 316 g/mol. The van der Waals surface area contributed by atoms with E-state index >= 15 is 0 Å². The van der Waals surface area contributed by atoms with E-state index in [0.717, 1.165) is 10.2 Å². The van der Waals surface area contributed by atoms with Crippen molar-refractivity contribution in [3.8, 4) is 0 Å². The maximum absolute atomic E-state index is 12.0. The molecule has 0 atom stereocenters. The lowest BCUT2D eigenvalue weighted by molar-refractivity contribution is 0.102. The second kappa shape index (κ2) is 5.50. The van der Waals surface area contributed by atoms with Gasteiger partial charge in [-0.25, -0.2) is 4.98 Å². The van der Waals surface area contributed by atoms with Crippen molar-refractivity contribution in [3.63, 3.8) is 0 Å². The van der Waals surface area contributed by atoms with Crippen LogP contribution in [0.5, 0.6) is 0 Å². The molecule has 0 fully saturated rings. The van der Waals surface area contributed by atoms with E-state index in [9.17, 15) is 4.79 Å². The molecule has 0 radical (unpaired) electrons. The summed E-state index contributed by atoms with van der Waals surface area (Å²) >= 11 is 9.15. The number of hydrogen-bond acceptors (Lipinski definition) is 2. The summed E-state index contributed by atoms with van der Waals surface area (Å²) in [6.07, 6.45) is 1.60. The predicted octanol–water partition coefficient (Wildman–Crippen LogP) is 4.06. The topological polar surface area (TPSA) is 42.0 Å². The Bertz CT molecular complexity index is 601. The Morgan fingerprint density at radius 3 is 2.83 bits per heavy atom. The SMILES string of the molecule is Cc1cc(NC(=O)c2cccc(Cl)c2)cnc1Br. The van der Waals surface area contributed by atoms with Gasteiger partial charge in [0.1, 0.15) is 4.60 Å². The third-order valence-corrected chi connectivity index (χ3v) is 3.42. The van der Waals surface area contributed by atoms with Gasteiger partial charge in [-0.15, -0.1) is 0 Å². The van der Waals surface area contributed by atoms with Gasteiger partial charge in [0.15, 0.2) is 0 Å². The van der Waals surface area contributed by atoms with Crippen molar-refractivity contribution >= 4 is 39.1 Å². The molecule has 1 aromatic heterocycles. The van der Waals surface area contributed by atoms with Crippen molar-refractivity contribution in [1.82, 2.24) is 4.98 Å². The van der Waals surface area contributed by atoms with Crippen LogP contribution in [0.3, 0.4) is 0 Å². The fraction of sp³-hybridized carbons (Fsp3) is 0.0769. The van der Waals surface area contributed by atoms with E-state index in [2.05, 4.69) is 26.2 Å². The van der Waals surface area contributed by atoms with Gasteiger partial charge in [0.2, 0.25) is 0 Å². The zero-order valence-corrected chi connectivity index (χ0v) is 11.9. The van der Waals surface area contributed by atoms with E-state index in [1.54, 1.807) is 30.5 Å². The highest BCUT2D eigenvalue weighted by atomic mass is 79.9. The van der Waals surface area contributed by atoms with Crippen molar-refractivity contribution in [3.05, 3.63) is 57.3 Å². The molecular formula is C13H10BrClN2O. The molecule has 1 aromatic carbocycles. The van der Waals surface area contributed by atoms with Crippen LogP contribution in [-0.4, -0.2) is 10.9 Å². The maximum Gasteiger partial charge on any atom is 0.255 e. The molecule has 92 valence electrons. The highest BCUT2D eigenvalue weighted by Crippen LogP contribution is 2.18. The number of aromatic nitrogens is 1. The smallest absolute Gasteiger partial charge is 0.255 e. The lowest BCUT2D eigenvalue weighted by atomic mass is 10.2. The van der Waals surface area contributed by atoms with Gasteiger partial charge in [0.05, 0.1) is 11.9 Å². The van der Waals surface area contributed by atoms with E-state index in [1.807, 2.05) is 13.0 Å². The monoisotopic (exact) mass is 324 g/mol. The number of carbonyl (C=O) groups excluding carboxylic acids is 1. The van der Waals surface area contributed by atoms with E-state index < -0.39 is 0 Å². The van der Waals surface area contributed by atoms with Crippen molar-refractivity contribution in [2.75, 3.05) is 5.32 Å². The van der Waals surface area contributed by atoms with Gasteiger partial charge in [-0.2, -0.15) is 0 Å². The Morgan fingerprint density at radius 2 is 2.17 bits per heavy atom. The Hall–Kier alpha value is -1.39. The molecule has 0 unspecified atom stereocenters. The molecule has 3 nitrogen and oxygen atoms in total. The quantitative estimate of drug-likeness (QED) is 0.846. The first kappa shape index (κ1) is 13.1. The zero-order chi connectivity index (χ0) is 13.1. The number of benzene rings is 1. The number of anilines is 1. The molecule has 0 aliphatic carbocycles. The Labute approximate surface area is 118 Å². The summed E-state index contributed by atoms with van der Waals surface area (Å²) in [6.45, 7) is 1.91. The maximum atomic E-state index is 12.0. The second-order valence-corrected chi connectivity index (χ2v) is 4.98. The Kier molecular flexibility index (Phi) is 3.99. The average Bonchev–Trinajstić information content (AvgIpc) is 2.34. The summed E-state index contributed by atoms with van der Waals surface area (Å²) in [7, 11) is 0. The van der Waals surface area contributed by atoms with Gasteiger partial charge >= 0.3 is 0 Å². The number of hydrogen-bond donors (Lipinski definition) is 1. The molecule has 0 aliphatic heterocycles. The zero-order valence-electron chi connectivity index (χ0n) is 9.58. The summed E-state index contributed by atoms with van der Waals surface area (Å²) < 4.78 is 0.767. The summed E-state index contributed by atoms with van der Waals surface area (Å²) in [6, 6.07) is 8.64. The number of nitrogens with zero attached hydrogens (tertiary/aromatic N) is 1. The van der Waals surface area contributed by atoms with Gasteiger partial charge in [-0.05, 0) is 52.7 Å². The standard InChI is InChI=1S/C13H10BrClN2O/c1-8-5-11(7-16-12(8)14)17-13(18)9-3-2-4-10(15)6-9/h2-7H,1H3,(H,17,18). The van der Waals surface area contributed by atoms with Crippen LogP contribution < -0.4 is 5.32 Å². The van der Waals surface area contributed by atoms with Crippen molar-refractivity contribution in [2.45, 2.75) is 6.92 Å². The lowest BCUT2D eigenvalue weighted by Gasteiger charge is -2.06. The molecule has 2 aromatic rings. The molecule has 0 spiro atoms. The molecule has 1 heterocycles. The fourth-order valence-electron chi connectivity index (χ4n) is 1.46. The average molecular weight is 326 g/mol. The number of nitrogens with one attached hydrogen (secondary N) is 1. The normalized spacial score (nSPS) is 10.2. The molecule has 0 saturated heterocycles. The predicted molar refractivity (Wildman–Crippen MR) is 76.1 cm³/mol. The molecule has 18 heavy (non-hydrogen) atoms. The van der Waals surface area contributed by atoms with Crippen LogP contribution in [0.2, 0.25) is 5.02 Å². The third kappa shape index (κ3) is 3.09. The number of halogens is 2. The molecule has 5 heteroatoms. The first-order valence-corrected chi connectivity index (χ1v) is 6.42. The number of pyridine rings is 1. The molecule has 1 N–H and O–H groups in total. The van der Waals surface area contributed by atoms with Gasteiger partial charge in [0, 0.05) is 10.6 Å². The number of amides is 1. The fourth-order valence-corrected chi connectivity index (χ4v) is 1.87. The van der Waals surface area contributed by atoms with Gasteiger partial charge in [0.25, 0.3) is 5.91 Å². The van der Waals surface area contributed by atoms with Crippen LogP contribution in [0, 0.1) is 6.92 Å². The van der Waals surface area contributed by atoms with Crippen LogP contribution in [0.15, 0.2) is 41.1 Å². The Balaban J connectivity index is 2.18. The molecule has 0 saturated carbocycles. The second-order valence-electron chi connectivity index (χ2n) is 3.80. The highest BCUT2D eigenvalue weighted by Gasteiger charge is 2.07. The van der Waals surface area contributed by atoms with Crippen molar-refractivity contribution in [2.24, 2.45) is 0 Å². The van der Waals surface area contributed by atoms with Crippen LogP contribution in [0.4, 0.5) is 5.69 Å². The summed E-state index contributed by atoms with van der Waals surface area (Å²) in [5.41, 5.74) is 2.13. The minimum Gasteiger partial charge on any atom is -0.321 e. The lowest BCUT2D eigenvalue weighted by Crippen LogP contribution is -2.12. The largest absolute Gasteiger partial charge is 0.321 e. The molecule has 1 amide bonds. The summed E-state index contributed by atoms with van der Waals surface area (Å²) in [5, 5.41) is 3.31. The van der Waals surface area contributed by atoms with E-state index in [4.69, 9.17) is 11.6 Å². The third-order valence-electron chi connectivity index (χ3n) is 2.36. The number of aryl methyl sites for hydroxylation is 1. The molecule has 0 bridgehead atoms. The van der Waals surface area contributed by atoms with Crippen LogP contribution in [0.25, 0.3) is 0 Å². The molecule has 2 rings (SSSR count). The van der Waals surface area contributed by atoms with Gasteiger partial charge < -0.3 is 5.32 Å². The van der Waals surface area contributed by atoms with Crippen LogP contribution in [-0.2, 0) is 0 Å². The summed E-state index contributed by atoms with van der Waals surface area (Å²) in [5.74, 6) is -0.207. The molecule has 0 aliphatic rings. The minimum absolute atomic E-state index is 0.207. The summed E-state index contributed by atoms with van der Waals surface area (Å²) in [4.78, 5) is 16.1. The Morgan fingerprint density at radius 1 is 1.39 bits per heavy atom. The van der Waals surface area contributed by atoms with Crippen LogP contribution in [0.1, 0.15) is 15.9 Å². The minimum atomic E-state index is -0.207. The highest BCUT2D eigenvalue weighted by molar-refractivity contribution is 9.10. The van der Waals surface area contributed by atoms with E-state index in [-0.39, 0.29) is 5.91 Å². The van der Waals surface area contributed by atoms with Crippen LogP contribution >= 0.6 is 27.5 Å². The first-order valence-electron chi connectivity index (χ1n) is 5.25. The van der Waals surface area contributed by atoms with Crippen molar-refractivity contribution < 1.29 is 4.79 Å². The van der Waals surface area contributed by atoms with Crippen molar-refractivity contribution in [1.29, 1.82) is 0 Å². The van der Waals surface area contributed by atoms with E-state index in [1.165, 1.54) is 0 Å². The number of carbonyl (C=O) groups is 1. The van der Waals surface area contributed by atoms with E-state index in [0.29, 0.717) is 16.3 Å². The first-order chi connectivity index (χ1) is 8.56. The van der Waals surface area contributed by atoms with Gasteiger partial charge in [-0.3, -0.25) is 4.79 Å². The van der Waals surface area contributed by atoms with Gasteiger partial charge in [-0.1, -0.05) is 17.7 Å². The number of rotatable bonds is 2.